The van der Waals surface area contributed by atoms with Crippen LogP contribution in [0.5, 0.6) is 0 Å². The summed E-state index contributed by atoms with van der Waals surface area (Å²) in [4.78, 5) is 23.2. The topological polar surface area (TPSA) is 80.9 Å². The van der Waals surface area contributed by atoms with Gasteiger partial charge in [-0.3, -0.25) is 4.79 Å². The minimum Gasteiger partial charge on any atom is -0.383 e. The van der Waals surface area contributed by atoms with Gasteiger partial charge in [-0.1, -0.05) is 23.4 Å². The van der Waals surface area contributed by atoms with E-state index in [0.717, 1.165) is 26.7 Å². The Kier molecular flexibility index (Phi) is 5.36. The van der Waals surface area contributed by atoms with Crippen LogP contribution in [0.3, 0.4) is 0 Å². The molecule has 5 nitrogen and oxygen atoms in total. The highest BCUT2D eigenvalue weighted by molar-refractivity contribution is 8.00. The van der Waals surface area contributed by atoms with Gasteiger partial charge in [-0.2, -0.15) is 0 Å². The number of carbonyl (C=O) groups is 1. The first-order valence-corrected chi connectivity index (χ1v) is 9.79. The van der Waals surface area contributed by atoms with Crippen molar-refractivity contribution in [3.8, 4) is 0 Å². The van der Waals surface area contributed by atoms with E-state index in [-0.39, 0.29) is 10.9 Å². The van der Waals surface area contributed by atoms with Crippen molar-refractivity contribution < 1.29 is 9.18 Å². The number of fused-ring (bicyclic) bond motifs is 1. The SMILES string of the molecule is Cc1sc2nc(SC(C)C(=O)Nc3ccc(F)cc3Cl)nc(N)c2c1C. The van der Waals surface area contributed by atoms with Crippen LogP contribution in [0.25, 0.3) is 10.2 Å². The predicted molar refractivity (Wildman–Crippen MR) is 107 cm³/mol. The molecule has 0 spiro atoms. The molecule has 0 aliphatic heterocycles. The minimum atomic E-state index is -0.491. The summed E-state index contributed by atoms with van der Waals surface area (Å²) < 4.78 is 13.1. The Morgan fingerprint density at radius 2 is 2.12 bits per heavy atom. The highest BCUT2D eigenvalue weighted by Gasteiger charge is 2.19. The number of hydrogen-bond donors (Lipinski definition) is 2. The summed E-state index contributed by atoms with van der Waals surface area (Å²) in [6, 6.07) is 3.80. The molecule has 0 saturated heterocycles. The lowest BCUT2D eigenvalue weighted by atomic mass is 10.2. The van der Waals surface area contributed by atoms with Crippen molar-refractivity contribution >= 4 is 62.3 Å². The molecule has 136 valence electrons. The van der Waals surface area contributed by atoms with Gasteiger partial charge in [0.05, 0.1) is 21.3 Å². The van der Waals surface area contributed by atoms with Crippen molar-refractivity contribution in [3.05, 3.63) is 39.5 Å². The molecule has 9 heteroatoms. The Balaban J connectivity index is 1.77. The summed E-state index contributed by atoms with van der Waals surface area (Å²) >= 11 is 8.69. The standard InChI is InChI=1S/C17H16ClFN4OS2/c1-7-8(2)25-16-13(7)14(20)22-17(23-16)26-9(3)15(24)21-12-5-4-10(19)6-11(12)18/h4-6,9H,1-3H3,(H,21,24)(H2,20,22,23). The van der Waals surface area contributed by atoms with E-state index >= 15 is 0 Å². The second kappa shape index (κ2) is 7.38. The van der Waals surface area contributed by atoms with E-state index in [0.29, 0.717) is 16.7 Å². The number of nitrogens with one attached hydrogen (secondary N) is 1. The number of amides is 1. The summed E-state index contributed by atoms with van der Waals surface area (Å²) in [5.74, 6) is -0.341. The van der Waals surface area contributed by atoms with Gasteiger partial charge in [0, 0.05) is 4.88 Å². The monoisotopic (exact) mass is 410 g/mol. The Labute approximate surface area is 163 Å². The van der Waals surface area contributed by atoms with E-state index in [1.165, 1.54) is 23.9 Å². The number of halogens is 2. The van der Waals surface area contributed by atoms with E-state index < -0.39 is 11.1 Å². The molecule has 2 heterocycles. The first-order chi connectivity index (χ1) is 12.3. The molecule has 0 aliphatic rings. The van der Waals surface area contributed by atoms with Crippen molar-refractivity contribution in [1.82, 2.24) is 9.97 Å². The number of aryl methyl sites for hydroxylation is 2. The summed E-state index contributed by atoms with van der Waals surface area (Å²) in [5.41, 5.74) is 7.50. The van der Waals surface area contributed by atoms with Gasteiger partial charge < -0.3 is 11.1 Å². The molecule has 1 atom stereocenters. The minimum absolute atomic E-state index is 0.141. The third-order valence-corrected chi connectivity index (χ3v) is 6.25. The molecule has 1 aromatic carbocycles. The normalized spacial score (nSPS) is 12.3. The number of nitrogens with two attached hydrogens (primary N) is 1. The Hall–Kier alpha value is -1.90. The average Bonchev–Trinajstić information content (AvgIpc) is 2.84. The molecule has 0 fully saturated rings. The van der Waals surface area contributed by atoms with Crippen molar-refractivity contribution in [2.24, 2.45) is 0 Å². The molecule has 3 N–H and O–H groups in total. The number of rotatable bonds is 4. The van der Waals surface area contributed by atoms with Crippen LogP contribution in [0.2, 0.25) is 5.02 Å². The van der Waals surface area contributed by atoms with Crippen molar-refractivity contribution in [2.75, 3.05) is 11.1 Å². The van der Waals surface area contributed by atoms with Crippen LogP contribution < -0.4 is 11.1 Å². The lowest BCUT2D eigenvalue weighted by Gasteiger charge is -2.12. The lowest BCUT2D eigenvalue weighted by molar-refractivity contribution is -0.115. The summed E-state index contributed by atoms with van der Waals surface area (Å²) in [6.07, 6.45) is 0. The molecule has 2 aromatic heterocycles. The maximum atomic E-state index is 13.1. The predicted octanol–water partition coefficient (Wildman–Crippen LogP) is 4.80. The Morgan fingerprint density at radius 3 is 2.81 bits per heavy atom. The number of carbonyl (C=O) groups excluding carboxylic acids is 1. The largest absolute Gasteiger partial charge is 0.383 e. The first kappa shape index (κ1) is 18.9. The van der Waals surface area contributed by atoms with Crippen molar-refractivity contribution in [3.63, 3.8) is 0 Å². The zero-order chi connectivity index (χ0) is 19.0. The Bertz CT molecular complexity index is 1010. The highest BCUT2D eigenvalue weighted by Crippen LogP contribution is 2.34. The maximum absolute atomic E-state index is 13.1. The number of nitrogens with zero attached hydrogens (tertiary/aromatic N) is 2. The number of hydrogen-bond acceptors (Lipinski definition) is 6. The van der Waals surface area contributed by atoms with Crippen LogP contribution >= 0.6 is 34.7 Å². The fraction of sp³-hybridized carbons (Fsp3) is 0.235. The van der Waals surface area contributed by atoms with Gasteiger partial charge in [0.15, 0.2) is 5.16 Å². The molecule has 1 unspecified atom stereocenters. The van der Waals surface area contributed by atoms with Crippen LogP contribution in [0, 0.1) is 19.7 Å². The highest BCUT2D eigenvalue weighted by atomic mass is 35.5. The van der Waals surface area contributed by atoms with Gasteiger partial charge in [-0.25, -0.2) is 14.4 Å². The quantitative estimate of drug-likeness (QED) is 0.476. The summed E-state index contributed by atoms with van der Waals surface area (Å²) in [7, 11) is 0. The molecule has 1 amide bonds. The third kappa shape index (κ3) is 3.77. The van der Waals surface area contributed by atoms with Crippen LogP contribution in [-0.4, -0.2) is 21.1 Å². The molecular formula is C17H16ClFN4OS2. The number of anilines is 2. The average molecular weight is 411 g/mol. The van der Waals surface area contributed by atoms with E-state index in [2.05, 4.69) is 15.3 Å². The van der Waals surface area contributed by atoms with Crippen molar-refractivity contribution in [1.29, 1.82) is 0 Å². The first-order valence-electron chi connectivity index (χ1n) is 7.72. The fourth-order valence-corrected chi connectivity index (χ4v) is 4.44. The Morgan fingerprint density at radius 1 is 1.38 bits per heavy atom. The number of thiophene rings is 1. The van der Waals surface area contributed by atoms with Crippen LogP contribution in [-0.2, 0) is 4.79 Å². The fourth-order valence-electron chi connectivity index (χ4n) is 2.35. The molecule has 0 saturated carbocycles. The van der Waals surface area contributed by atoms with Gasteiger partial charge in [0.25, 0.3) is 0 Å². The second-order valence-electron chi connectivity index (χ2n) is 5.73. The van der Waals surface area contributed by atoms with Crippen LogP contribution in [0.15, 0.2) is 23.4 Å². The number of aromatic nitrogens is 2. The molecule has 0 aliphatic carbocycles. The zero-order valence-corrected chi connectivity index (χ0v) is 16.7. The van der Waals surface area contributed by atoms with Crippen molar-refractivity contribution in [2.45, 2.75) is 31.2 Å². The lowest BCUT2D eigenvalue weighted by Crippen LogP contribution is -2.23. The maximum Gasteiger partial charge on any atom is 0.237 e. The summed E-state index contributed by atoms with van der Waals surface area (Å²) in [5, 5.41) is 3.63. The molecule has 0 bridgehead atoms. The van der Waals surface area contributed by atoms with E-state index in [1.54, 1.807) is 18.3 Å². The zero-order valence-electron chi connectivity index (χ0n) is 14.3. The van der Waals surface area contributed by atoms with Crippen LogP contribution in [0.1, 0.15) is 17.4 Å². The molecule has 3 rings (SSSR count). The van der Waals surface area contributed by atoms with Gasteiger partial charge in [-0.05, 0) is 44.5 Å². The second-order valence-corrected chi connectivity index (χ2v) is 8.65. The van der Waals surface area contributed by atoms with Crippen LogP contribution in [0.4, 0.5) is 15.9 Å². The van der Waals surface area contributed by atoms with E-state index in [1.807, 2.05) is 13.8 Å². The van der Waals surface area contributed by atoms with Gasteiger partial charge >= 0.3 is 0 Å². The van der Waals surface area contributed by atoms with Gasteiger partial charge in [0.2, 0.25) is 5.91 Å². The summed E-state index contributed by atoms with van der Waals surface area (Å²) in [6.45, 7) is 5.73. The van der Waals surface area contributed by atoms with E-state index in [9.17, 15) is 9.18 Å². The number of thioether (sulfide) groups is 1. The third-order valence-electron chi connectivity index (χ3n) is 3.88. The van der Waals surface area contributed by atoms with Gasteiger partial charge in [-0.15, -0.1) is 11.3 Å². The smallest absolute Gasteiger partial charge is 0.237 e. The number of nitrogen functional groups attached to an aromatic ring is 1. The molecule has 26 heavy (non-hydrogen) atoms. The molecular weight excluding hydrogens is 395 g/mol. The van der Waals surface area contributed by atoms with Gasteiger partial charge in [0.1, 0.15) is 16.5 Å². The molecule has 3 aromatic rings. The molecule has 0 radical (unpaired) electrons. The van der Waals surface area contributed by atoms with E-state index in [4.69, 9.17) is 17.3 Å². The number of benzene rings is 1.